The second-order valence-corrected chi connectivity index (χ2v) is 15.1. The van der Waals surface area contributed by atoms with Crippen LogP contribution in [-0.2, 0) is 36.8 Å². The van der Waals surface area contributed by atoms with Crippen molar-refractivity contribution < 1.29 is 119 Å². The quantitative estimate of drug-likeness (QED) is 0.0677. The molecule has 0 N–H and O–H groups in total. The molecule has 2 heterocycles. The van der Waals surface area contributed by atoms with Crippen molar-refractivity contribution in [2.24, 2.45) is 0 Å². The monoisotopic (exact) mass is 820 g/mol. The van der Waals surface area contributed by atoms with Gasteiger partial charge >= 0.3 is 71.2 Å². The first-order chi connectivity index (χ1) is 25.3. The van der Waals surface area contributed by atoms with Crippen LogP contribution < -0.4 is 78.6 Å². The molecule has 0 amide bonds. The summed E-state index contributed by atoms with van der Waals surface area (Å²) in [5, 5.41) is 30.1. The molecule has 18 heteroatoms. The zero-order valence-electron chi connectivity index (χ0n) is 37.0. The van der Waals surface area contributed by atoms with Crippen molar-refractivity contribution in [1.82, 2.24) is 0 Å². The van der Waals surface area contributed by atoms with E-state index >= 15 is 0 Å². The minimum absolute atomic E-state index is 0. The summed E-state index contributed by atoms with van der Waals surface area (Å²) in [6.45, 7) is 23.4. The van der Waals surface area contributed by atoms with E-state index in [1.807, 2.05) is 41.5 Å². The molecule has 4 rings (SSSR count). The van der Waals surface area contributed by atoms with Gasteiger partial charge in [-0.05, 0) is 153 Å². The normalized spacial score (nSPS) is 18.3. The largest absolute Gasteiger partial charge is 1.00 e. The summed E-state index contributed by atoms with van der Waals surface area (Å²) < 4.78 is 28.4. The van der Waals surface area contributed by atoms with Crippen LogP contribution in [0.1, 0.15) is 106 Å². The maximum atomic E-state index is 12.1. The Balaban J connectivity index is 0. The molecule has 2 aromatic carbocycles. The first-order valence-corrected chi connectivity index (χ1v) is 17.7. The summed E-state index contributed by atoms with van der Waals surface area (Å²) in [5.41, 5.74) is 6.88. The van der Waals surface area contributed by atoms with E-state index in [4.69, 9.17) is 33.7 Å². The smallest absolute Gasteiger partial charge is 1.00 e. The van der Waals surface area contributed by atoms with Crippen LogP contribution in [0.5, 0.6) is 17.2 Å². The fourth-order valence-corrected chi connectivity index (χ4v) is 6.47. The van der Waals surface area contributed by atoms with Gasteiger partial charge in [0.05, 0.1) is 4.92 Å². The Morgan fingerprint density at radius 3 is 1.82 bits per heavy atom. The summed E-state index contributed by atoms with van der Waals surface area (Å²) in [6.07, 6.45) is 3.28. The molecule has 306 valence electrons. The third-order valence-corrected chi connectivity index (χ3v) is 9.95. The van der Waals surface area contributed by atoms with E-state index in [-0.39, 0.29) is 67.0 Å². The van der Waals surface area contributed by atoms with Crippen LogP contribution in [0.15, 0.2) is 12.3 Å². The van der Waals surface area contributed by atoms with Crippen LogP contribution in [0.25, 0.3) is 0 Å². The number of carbonyl (C=O) groups is 3. The zero-order valence-corrected chi connectivity index (χ0v) is 40.0. The standard InChI is InChI=1S/C20H27NO6.C18H25NO5.CH2O3.2Na.H/c1-12-13(2)17-15(8-9-20(7,26-17)10-11-21(23)24)14(3)16(12)25-18(22)27-19(4,5)6;1-10-11(2)13(4)17-15(12(10)3)7-8-18(6,24-17)16(9-19(21)22)23-14(5)20;2-1-4-3;;;/h10-11H,8-9H2,1-7H3;16H,7-9H2,1-6H3;1,3H;;;/q;;;2*+1;-1/p-1/b11-10+;;;;;. The Labute approximate surface area is 379 Å². The molecule has 57 heavy (non-hydrogen) atoms. The molecular weight excluding hydrogens is 766 g/mol. The average Bonchev–Trinajstić information content (AvgIpc) is 3.08. The Kier molecular flexibility index (Phi) is 20.9. The van der Waals surface area contributed by atoms with Crippen LogP contribution >= 0.6 is 0 Å². The number of hydrogen-bond acceptors (Lipinski definition) is 14. The van der Waals surface area contributed by atoms with Crippen molar-refractivity contribution >= 4 is 18.6 Å². The van der Waals surface area contributed by atoms with Crippen molar-refractivity contribution in [3.63, 3.8) is 0 Å². The molecule has 16 nitrogen and oxygen atoms in total. The van der Waals surface area contributed by atoms with E-state index in [0.29, 0.717) is 30.8 Å². The topological polar surface area (TPSA) is 216 Å². The Morgan fingerprint density at radius 1 is 0.842 bits per heavy atom. The van der Waals surface area contributed by atoms with Gasteiger partial charge in [-0.3, -0.25) is 29.8 Å². The van der Waals surface area contributed by atoms with Gasteiger partial charge in [0, 0.05) is 23.5 Å². The maximum absolute atomic E-state index is 12.1. The predicted octanol–water partition coefficient (Wildman–Crippen LogP) is 0.567. The molecule has 0 saturated heterocycles. The molecule has 0 aromatic heterocycles. The van der Waals surface area contributed by atoms with E-state index in [9.17, 15) is 29.8 Å². The number of esters is 1. The van der Waals surface area contributed by atoms with Gasteiger partial charge in [-0.15, -0.1) is 0 Å². The van der Waals surface area contributed by atoms with Crippen molar-refractivity contribution in [2.45, 2.75) is 139 Å². The van der Waals surface area contributed by atoms with E-state index in [2.05, 4.69) is 18.7 Å². The number of nitrogens with zero attached hydrogens (tertiary/aromatic N) is 2. The van der Waals surface area contributed by atoms with Crippen LogP contribution in [0.3, 0.4) is 0 Å². The van der Waals surface area contributed by atoms with E-state index in [1.165, 1.54) is 24.1 Å². The summed E-state index contributed by atoms with van der Waals surface area (Å²) in [6, 6.07) is 0. The first kappa shape index (κ1) is 53.8. The van der Waals surface area contributed by atoms with Gasteiger partial charge in [-0.25, -0.2) is 4.79 Å². The predicted molar refractivity (Wildman–Crippen MR) is 199 cm³/mol. The minimum Gasteiger partial charge on any atom is -1.00 e. The van der Waals surface area contributed by atoms with Gasteiger partial charge in [-0.2, -0.15) is 0 Å². The van der Waals surface area contributed by atoms with Gasteiger partial charge in [0.1, 0.15) is 34.1 Å². The molecule has 0 bridgehead atoms. The van der Waals surface area contributed by atoms with E-state index in [0.717, 1.165) is 57.3 Å². The molecule has 0 saturated carbocycles. The summed E-state index contributed by atoms with van der Waals surface area (Å²) in [7, 11) is 0. The summed E-state index contributed by atoms with van der Waals surface area (Å²) >= 11 is 0. The fourth-order valence-electron chi connectivity index (χ4n) is 6.47. The Bertz CT molecular complexity index is 1830. The van der Waals surface area contributed by atoms with Gasteiger partial charge in [0.25, 0.3) is 6.47 Å². The molecule has 2 aromatic rings. The maximum Gasteiger partial charge on any atom is 1.00 e. The molecule has 3 unspecified atom stereocenters. The summed E-state index contributed by atoms with van der Waals surface area (Å²) in [5.74, 6) is 1.42. The second kappa shape index (κ2) is 22.2. The third kappa shape index (κ3) is 14.5. The first-order valence-electron chi connectivity index (χ1n) is 17.7. The number of hydrogen-bond donors (Lipinski definition) is 0. The molecule has 0 aliphatic carbocycles. The van der Waals surface area contributed by atoms with Crippen LogP contribution in [0, 0.1) is 68.7 Å². The number of fused-ring (bicyclic) bond motifs is 2. The number of benzene rings is 2. The number of carbonyl (C=O) groups excluding carboxylic acids is 3. The molecule has 0 fully saturated rings. The van der Waals surface area contributed by atoms with Crippen molar-refractivity contribution in [1.29, 1.82) is 0 Å². The fraction of sp³-hybridized carbons (Fsp3) is 0.564. The van der Waals surface area contributed by atoms with Gasteiger partial charge in [0.2, 0.25) is 18.8 Å². The number of ether oxygens (including phenoxy) is 5. The van der Waals surface area contributed by atoms with Crippen molar-refractivity contribution in [2.75, 3.05) is 6.54 Å². The van der Waals surface area contributed by atoms with Crippen LogP contribution in [0.2, 0.25) is 0 Å². The van der Waals surface area contributed by atoms with Crippen LogP contribution in [-0.4, -0.2) is 57.9 Å². The Hall–Kier alpha value is -3.25. The zero-order chi connectivity index (χ0) is 42.2. The molecule has 0 radical (unpaired) electrons. The average molecular weight is 821 g/mol. The second-order valence-electron chi connectivity index (χ2n) is 15.1. The molecule has 2 aliphatic rings. The Morgan fingerprint density at radius 2 is 1.33 bits per heavy atom. The molecule has 2 aliphatic heterocycles. The minimum atomic E-state index is -0.917. The van der Waals surface area contributed by atoms with Gasteiger partial charge in [-0.1, -0.05) is 0 Å². The van der Waals surface area contributed by atoms with Crippen molar-refractivity contribution in [3.8, 4) is 17.2 Å². The summed E-state index contributed by atoms with van der Waals surface area (Å²) in [4.78, 5) is 55.4. The molecular formula is C39H54N2Na2O14. The van der Waals surface area contributed by atoms with Crippen molar-refractivity contribution in [3.05, 3.63) is 82.6 Å². The molecule has 0 spiro atoms. The van der Waals surface area contributed by atoms with E-state index in [1.54, 1.807) is 27.7 Å². The third-order valence-electron chi connectivity index (χ3n) is 9.95. The van der Waals surface area contributed by atoms with Gasteiger partial charge in [0.15, 0.2) is 0 Å². The SMILES string of the molecule is CC(=O)OC(C[N+](=O)[O-])C1(C)CCc2c(C)c(C)c(C)c(C)c2O1.Cc1c(C)c2c(c(C)c1OC(=O)OC(C)(C)C)CCC(C)(/C=C/[N+](=O)[O-])O2.O=CO[O-].[H-].[Na+].[Na+]. The number of nitro groups is 2. The van der Waals surface area contributed by atoms with E-state index < -0.39 is 51.4 Å². The van der Waals surface area contributed by atoms with Crippen LogP contribution in [0.4, 0.5) is 4.79 Å². The van der Waals surface area contributed by atoms with Gasteiger partial charge < -0.3 is 35.3 Å². The number of rotatable bonds is 8. The molecule has 3 atom stereocenters.